The van der Waals surface area contributed by atoms with Crippen molar-refractivity contribution >= 4 is 22.8 Å². The number of rotatable bonds is 11. The Morgan fingerprint density at radius 1 is 0.773 bits per heavy atom. The van der Waals surface area contributed by atoms with E-state index in [1.165, 1.54) is 17.3 Å². The van der Waals surface area contributed by atoms with E-state index in [0.29, 0.717) is 18.2 Å². The zero-order valence-corrected chi connectivity index (χ0v) is 25.5. The third kappa shape index (κ3) is 6.61. The van der Waals surface area contributed by atoms with Crippen molar-refractivity contribution in [2.24, 2.45) is 4.99 Å². The second kappa shape index (κ2) is 13.7. The fourth-order valence-corrected chi connectivity index (χ4v) is 6.56. The van der Waals surface area contributed by atoms with Crippen LogP contribution in [0.5, 0.6) is 5.75 Å². The van der Waals surface area contributed by atoms with Crippen LogP contribution in [0.25, 0.3) is 0 Å². The lowest BCUT2D eigenvalue weighted by atomic mass is 9.77. The average molecular weight is 598 g/mol. The third-order valence-corrected chi connectivity index (χ3v) is 8.97. The smallest absolute Gasteiger partial charge is 0.239 e. The molecule has 1 unspecified atom stereocenters. The van der Waals surface area contributed by atoms with E-state index < -0.39 is 5.54 Å². The molecule has 44 heavy (non-hydrogen) atoms. The van der Waals surface area contributed by atoms with E-state index in [2.05, 4.69) is 65.8 Å². The van der Waals surface area contributed by atoms with Gasteiger partial charge in [0.1, 0.15) is 11.3 Å². The van der Waals surface area contributed by atoms with Crippen molar-refractivity contribution in [3.8, 4) is 5.75 Å². The summed E-state index contributed by atoms with van der Waals surface area (Å²) in [5.74, 6) is 0.779. The highest BCUT2D eigenvalue weighted by molar-refractivity contribution is 8.15. The van der Waals surface area contributed by atoms with Crippen LogP contribution in [0.3, 0.4) is 0 Å². The number of aromatic nitrogens is 1. The highest BCUT2D eigenvalue weighted by Gasteiger charge is 2.39. The van der Waals surface area contributed by atoms with Gasteiger partial charge in [-0.3, -0.25) is 9.78 Å². The van der Waals surface area contributed by atoms with Gasteiger partial charge in [0, 0.05) is 18.3 Å². The molecule has 1 atom stereocenters. The number of carbonyl (C=O) groups excluding carboxylic acids is 1. The summed E-state index contributed by atoms with van der Waals surface area (Å²) in [5.41, 5.74) is 5.62. The first kappa shape index (κ1) is 29.4. The monoisotopic (exact) mass is 597 g/mol. The lowest BCUT2D eigenvalue weighted by molar-refractivity contribution is -0.118. The Bertz CT molecular complexity index is 1590. The second-order valence-corrected chi connectivity index (χ2v) is 12.0. The van der Waals surface area contributed by atoms with Crippen LogP contribution < -0.4 is 10.1 Å². The van der Waals surface area contributed by atoms with Gasteiger partial charge >= 0.3 is 0 Å². The Labute approximate surface area is 263 Å². The predicted molar refractivity (Wildman–Crippen MR) is 179 cm³/mol. The number of carbonyl (C=O) groups is 1. The number of thioether (sulfide) groups is 1. The largest absolute Gasteiger partial charge is 0.493 e. The first-order chi connectivity index (χ1) is 21.6. The summed E-state index contributed by atoms with van der Waals surface area (Å²) < 4.78 is 5.97. The van der Waals surface area contributed by atoms with Gasteiger partial charge in [-0.15, -0.1) is 0 Å². The van der Waals surface area contributed by atoms with Crippen molar-refractivity contribution in [3.63, 3.8) is 0 Å². The molecule has 1 aromatic heterocycles. The van der Waals surface area contributed by atoms with Crippen LogP contribution in [0.15, 0.2) is 139 Å². The first-order valence-corrected chi connectivity index (χ1v) is 15.9. The van der Waals surface area contributed by atoms with Gasteiger partial charge in [0.2, 0.25) is 5.91 Å². The topological polar surface area (TPSA) is 63.6 Å². The molecule has 1 aliphatic heterocycles. The average Bonchev–Trinajstić information content (AvgIpc) is 3.43. The highest BCUT2D eigenvalue weighted by Crippen LogP contribution is 2.42. The number of aryl methyl sites for hydroxylation is 1. The highest BCUT2D eigenvalue weighted by atomic mass is 32.2. The molecule has 1 fully saturated rings. The molecule has 1 saturated heterocycles. The molecule has 5 nitrogen and oxygen atoms in total. The van der Waals surface area contributed by atoms with Crippen LogP contribution in [0, 0.1) is 0 Å². The molecule has 6 rings (SSSR count). The Morgan fingerprint density at radius 3 is 1.86 bits per heavy atom. The maximum Gasteiger partial charge on any atom is 0.239 e. The predicted octanol–water partition coefficient (Wildman–Crippen LogP) is 7.39. The van der Waals surface area contributed by atoms with Gasteiger partial charge in [0.05, 0.1) is 11.9 Å². The number of hydrogen-bond donors (Lipinski definition) is 1. The van der Waals surface area contributed by atoms with Crippen molar-refractivity contribution in [1.82, 2.24) is 10.3 Å². The molecule has 2 heterocycles. The van der Waals surface area contributed by atoms with Gasteiger partial charge in [-0.2, -0.15) is 0 Å². The molecule has 220 valence electrons. The maximum absolute atomic E-state index is 13.2. The number of aliphatic imine (C=N–C) groups is 1. The molecular weight excluding hydrogens is 563 g/mol. The molecule has 0 aliphatic carbocycles. The summed E-state index contributed by atoms with van der Waals surface area (Å²) in [4.78, 5) is 23.1. The van der Waals surface area contributed by atoms with Gasteiger partial charge in [0.15, 0.2) is 5.17 Å². The molecule has 1 N–H and O–H groups in total. The summed E-state index contributed by atoms with van der Waals surface area (Å²) in [6, 6.07) is 43.1. The molecule has 0 saturated carbocycles. The number of hydrogen-bond acceptors (Lipinski definition) is 5. The normalized spacial score (nSPS) is 15.7. The van der Waals surface area contributed by atoms with Gasteiger partial charge in [-0.1, -0.05) is 128 Å². The Morgan fingerprint density at radius 2 is 1.34 bits per heavy atom. The number of amidine groups is 1. The fraction of sp³-hybridized carbons (Fsp3) is 0.184. The summed E-state index contributed by atoms with van der Waals surface area (Å²) >= 11 is 1.49. The number of nitrogens with one attached hydrogen (secondary N) is 1. The summed E-state index contributed by atoms with van der Waals surface area (Å²) in [6.45, 7) is 2.69. The molecule has 0 spiro atoms. The minimum atomic E-state index is -0.819. The van der Waals surface area contributed by atoms with Crippen LogP contribution in [0.4, 0.5) is 0 Å². The summed E-state index contributed by atoms with van der Waals surface area (Å²) in [6.07, 6.45) is 4.27. The quantitative estimate of drug-likeness (QED) is 0.161. The van der Waals surface area contributed by atoms with Crippen molar-refractivity contribution < 1.29 is 9.53 Å². The number of amides is 1. The van der Waals surface area contributed by atoms with Crippen molar-refractivity contribution in [1.29, 1.82) is 0 Å². The van der Waals surface area contributed by atoms with E-state index in [9.17, 15) is 4.79 Å². The Balaban J connectivity index is 1.19. The summed E-state index contributed by atoms with van der Waals surface area (Å²) in [5, 5.41) is 3.44. The van der Waals surface area contributed by atoms with Gasteiger partial charge < -0.3 is 10.1 Å². The van der Waals surface area contributed by atoms with E-state index in [4.69, 9.17) is 9.73 Å². The SMILES string of the molecule is CCc1ccc(CCOc2ccc(CC3SC(=NC(c4ccccc4)(c4ccccc4)c4ccccc4)NC3=O)cc2)nc1. The van der Waals surface area contributed by atoms with Crippen LogP contribution in [0.1, 0.15) is 40.4 Å². The van der Waals surface area contributed by atoms with Crippen LogP contribution in [-0.2, 0) is 29.6 Å². The first-order valence-electron chi connectivity index (χ1n) is 15.0. The van der Waals surface area contributed by atoms with Gasteiger partial charge in [-0.05, 0) is 58.9 Å². The summed E-state index contributed by atoms with van der Waals surface area (Å²) in [7, 11) is 0. The van der Waals surface area contributed by atoms with E-state index in [1.807, 2.05) is 85.1 Å². The molecule has 1 amide bonds. The number of benzene rings is 4. The maximum atomic E-state index is 13.2. The zero-order valence-electron chi connectivity index (χ0n) is 24.7. The van der Waals surface area contributed by atoms with Gasteiger partial charge in [-0.25, -0.2) is 4.99 Å². The lowest BCUT2D eigenvalue weighted by Crippen LogP contribution is -2.32. The van der Waals surface area contributed by atoms with E-state index >= 15 is 0 Å². The lowest BCUT2D eigenvalue weighted by Gasteiger charge is -2.32. The Kier molecular flexibility index (Phi) is 9.18. The minimum Gasteiger partial charge on any atom is -0.493 e. The fourth-order valence-electron chi connectivity index (χ4n) is 5.50. The molecular formula is C38H35N3O2S. The number of ether oxygens (including phenoxy) is 1. The zero-order chi connectivity index (χ0) is 30.2. The second-order valence-electron chi connectivity index (χ2n) is 10.8. The van der Waals surface area contributed by atoms with E-state index in [1.54, 1.807) is 0 Å². The van der Waals surface area contributed by atoms with E-state index in [-0.39, 0.29) is 11.2 Å². The van der Waals surface area contributed by atoms with Crippen LogP contribution >= 0.6 is 11.8 Å². The molecule has 0 bridgehead atoms. The van der Waals surface area contributed by atoms with Crippen molar-refractivity contribution in [2.75, 3.05) is 6.61 Å². The van der Waals surface area contributed by atoms with Crippen molar-refractivity contribution in [3.05, 3.63) is 167 Å². The molecule has 4 aromatic carbocycles. The number of pyridine rings is 1. The van der Waals surface area contributed by atoms with Crippen molar-refractivity contribution in [2.45, 2.75) is 37.0 Å². The standard InChI is InChI=1S/C38H35N3O2S/c1-2-28-18-21-33(39-27-28)24-25-43-34-22-19-29(20-23-34)26-35-36(42)40-37(44-35)41-38(30-12-6-3-7-13-30,31-14-8-4-9-15-31)32-16-10-5-11-17-32/h3-23,27,35H,2,24-26H2,1H3,(H,40,41,42). The van der Waals surface area contributed by atoms with Crippen LogP contribution in [0.2, 0.25) is 0 Å². The van der Waals surface area contributed by atoms with Crippen LogP contribution in [-0.4, -0.2) is 27.9 Å². The van der Waals surface area contributed by atoms with E-state index in [0.717, 1.165) is 46.5 Å². The van der Waals surface area contributed by atoms with Gasteiger partial charge in [0.25, 0.3) is 0 Å². The Hall–Kier alpha value is -4.68. The molecule has 6 heteroatoms. The molecule has 0 radical (unpaired) electrons. The minimum absolute atomic E-state index is 0.0289. The molecule has 5 aromatic rings. The third-order valence-electron chi connectivity index (χ3n) is 7.89. The molecule has 1 aliphatic rings. The number of nitrogens with zero attached hydrogens (tertiary/aromatic N) is 2.